The van der Waals surface area contributed by atoms with Crippen molar-refractivity contribution in [1.82, 2.24) is 9.62 Å². The van der Waals surface area contributed by atoms with E-state index in [-0.39, 0.29) is 35.2 Å². The molecule has 0 spiro atoms. The third-order valence-electron chi connectivity index (χ3n) is 7.81. The normalized spacial score (nSPS) is 22.8. The highest BCUT2D eigenvalue weighted by Gasteiger charge is 2.45. The molecule has 2 aromatic rings. The topological polar surface area (TPSA) is 86.6 Å². The second kappa shape index (κ2) is 11.3. The molecule has 1 N–H and O–H groups in total. The van der Waals surface area contributed by atoms with E-state index in [0.717, 1.165) is 32.1 Å². The van der Waals surface area contributed by atoms with Crippen molar-refractivity contribution in [2.75, 3.05) is 23.7 Å². The lowest BCUT2D eigenvalue weighted by molar-refractivity contribution is -0.131. The largest absolute Gasteiger partial charge is 0.351 e. The smallest absolute Gasteiger partial charge is 0.248 e. The van der Waals surface area contributed by atoms with Gasteiger partial charge in [0.25, 0.3) is 0 Å². The van der Waals surface area contributed by atoms with E-state index in [2.05, 4.69) is 5.32 Å². The van der Waals surface area contributed by atoms with Crippen molar-refractivity contribution in [2.24, 2.45) is 11.8 Å². The Bertz CT molecular complexity index is 1290. The number of hydrogen-bond donors (Lipinski definition) is 1. The number of nitrogens with zero attached hydrogens (tertiary/aromatic N) is 2. The summed E-state index contributed by atoms with van der Waals surface area (Å²) in [6, 6.07) is 11.5. The fourth-order valence-electron chi connectivity index (χ4n) is 5.64. The lowest BCUT2D eigenvalue weighted by Crippen LogP contribution is -2.51. The molecule has 1 atom stereocenters. The average molecular weight is 562 g/mol. The number of carbonyl (C=O) groups is 2. The van der Waals surface area contributed by atoms with E-state index in [1.54, 1.807) is 30.3 Å². The molecule has 7 nitrogen and oxygen atoms in total. The van der Waals surface area contributed by atoms with E-state index in [0.29, 0.717) is 36.5 Å². The van der Waals surface area contributed by atoms with Crippen LogP contribution in [0.1, 0.15) is 56.6 Å². The van der Waals surface area contributed by atoms with Crippen LogP contribution in [0.2, 0.25) is 5.02 Å². The van der Waals surface area contributed by atoms with Gasteiger partial charge >= 0.3 is 0 Å². The highest BCUT2D eigenvalue weighted by Crippen LogP contribution is 2.41. The standard InChI is InChI=1S/C28H33ClFN3O4S/c29-25-12-5-4-11-24(25)26(27(34)31-22-8-2-1-3-9-22)33(23-10-6-7-21(30)17-23)28(35)20-15-19(16-20)18-38(36,37)32-13-14-32/h4-7,10-12,17,19-20,22,26H,1-3,8-9,13-16,18H2,(H,31,34). The minimum absolute atomic E-state index is 0.00131. The summed E-state index contributed by atoms with van der Waals surface area (Å²) in [7, 11) is -3.29. The molecular weight excluding hydrogens is 529 g/mol. The highest BCUT2D eigenvalue weighted by molar-refractivity contribution is 7.89. The Morgan fingerprint density at radius 2 is 1.76 bits per heavy atom. The molecule has 1 heterocycles. The maximum atomic E-state index is 14.4. The van der Waals surface area contributed by atoms with Crippen LogP contribution >= 0.6 is 11.6 Å². The molecule has 1 unspecified atom stereocenters. The summed E-state index contributed by atoms with van der Waals surface area (Å²) in [5, 5.41) is 3.46. The second-order valence-electron chi connectivity index (χ2n) is 10.7. The first-order chi connectivity index (χ1) is 18.2. The Kier molecular flexibility index (Phi) is 8.07. The van der Waals surface area contributed by atoms with E-state index in [4.69, 9.17) is 11.6 Å². The van der Waals surface area contributed by atoms with Crippen LogP contribution in [0.4, 0.5) is 10.1 Å². The molecule has 0 radical (unpaired) electrons. The van der Waals surface area contributed by atoms with Crippen LogP contribution in [0.3, 0.4) is 0 Å². The molecule has 1 aliphatic heterocycles. The highest BCUT2D eigenvalue weighted by atomic mass is 35.5. The van der Waals surface area contributed by atoms with E-state index < -0.39 is 27.8 Å². The first-order valence-corrected chi connectivity index (χ1v) is 15.3. The molecule has 2 amide bonds. The van der Waals surface area contributed by atoms with Crippen LogP contribution in [0.5, 0.6) is 0 Å². The van der Waals surface area contributed by atoms with E-state index in [1.807, 2.05) is 0 Å². The van der Waals surface area contributed by atoms with Crippen molar-refractivity contribution < 1.29 is 22.4 Å². The monoisotopic (exact) mass is 561 g/mol. The van der Waals surface area contributed by atoms with Crippen molar-refractivity contribution in [1.29, 1.82) is 0 Å². The second-order valence-corrected chi connectivity index (χ2v) is 13.1. The molecule has 38 heavy (non-hydrogen) atoms. The Labute approximate surface area is 228 Å². The van der Waals surface area contributed by atoms with Gasteiger partial charge in [-0.3, -0.25) is 14.5 Å². The van der Waals surface area contributed by atoms with E-state index in [9.17, 15) is 22.4 Å². The van der Waals surface area contributed by atoms with Crippen molar-refractivity contribution in [2.45, 2.75) is 57.0 Å². The summed E-state index contributed by atoms with van der Waals surface area (Å²) < 4.78 is 40.6. The molecule has 5 rings (SSSR count). The van der Waals surface area contributed by atoms with Crippen molar-refractivity contribution in [3.8, 4) is 0 Å². The van der Waals surface area contributed by atoms with Crippen LogP contribution in [0, 0.1) is 17.7 Å². The summed E-state index contributed by atoms with van der Waals surface area (Å²) in [5.41, 5.74) is 0.721. The SMILES string of the molecule is O=C(NC1CCCCC1)C(c1ccccc1Cl)N(C(=O)C1CC(CS(=O)(=O)N2CC2)C1)c1cccc(F)c1. The number of carbonyl (C=O) groups excluding carboxylic acids is 2. The van der Waals surface area contributed by atoms with Gasteiger partial charge in [0, 0.05) is 41.3 Å². The minimum Gasteiger partial charge on any atom is -0.351 e. The van der Waals surface area contributed by atoms with Crippen molar-refractivity contribution in [3.63, 3.8) is 0 Å². The predicted molar refractivity (Wildman–Crippen MR) is 145 cm³/mol. The van der Waals surface area contributed by atoms with Crippen LogP contribution in [0.15, 0.2) is 48.5 Å². The third-order valence-corrected chi connectivity index (χ3v) is 10.2. The number of anilines is 1. The quantitative estimate of drug-likeness (QED) is 0.451. The first kappa shape index (κ1) is 27.1. The number of amides is 2. The van der Waals surface area contributed by atoms with E-state index >= 15 is 0 Å². The number of sulfonamides is 1. The Morgan fingerprint density at radius 3 is 2.42 bits per heavy atom. The Morgan fingerprint density at radius 1 is 1.05 bits per heavy atom. The van der Waals surface area contributed by atoms with Gasteiger partial charge < -0.3 is 5.32 Å². The first-order valence-electron chi connectivity index (χ1n) is 13.3. The number of hydrogen-bond acceptors (Lipinski definition) is 4. The van der Waals surface area contributed by atoms with Crippen LogP contribution < -0.4 is 10.2 Å². The zero-order valence-corrected chi connectivity index (χ0v) is 22.8. The molecule has 2 saturated carbocycles. The van der Waals surface area contributed by atoms with Crippen LogP contribution in [0.25, 0.3) is 0 Å². The fraction of sp³-hybridized carbons (Fsp3) is 0.500. The average Bonchev–Trinajstić information content (AvgIpc) is 3.72. The third kappa shape index (κ3) is 6.05. The number of benzene rings is 2. The summed E-state index contributed by atoms with van der Waals surface area (Å²) in [6.45, 7) is 1.11. The summed E-state index contributed by atoms with van der Waals surface area (Å²) in [4.78, 5) is 29.3. The molecule has 2 aliphatic carbocycles. The molecule has 2 aromatic carbocycles. The fourth-order valence-corrected chi connectivity index (χ4v) is 7.60. The lowest BCUT2D eigenvalue weighted by Gasteiger charge is -2.40. The molecule has 0 aromatic heterocycles. The number of nitrogens with one attached hydrogen (secondary N) is 1. The van der Waals surface area contributed by atoms with Gasteiger partial charge in [-0.1, -0.05) is 55.1 Å². The van der Waals surface area contributed by atoms with Gasteiger partial charge in [0.15, 0.2) is 0 Å². The number of rotatable bonds is 9. The van der Waals surface area contributed by atoms with Crippen molar-refractivity contribution >= 4 is 39.1 Å². The molecule has 10 heteroatoms. The maximum absolute atomic E-state index is 14.4. The molecule has 204 valence electrons. The van der Waals surface area contributed by atoms with Crippen molar-refractivity contribution in [3.05, 3.63) is 64.9 Å². The van der Waals surface area contributed by atoms with Gasteiger partial charge in [0.05, 0.1) is 5.75 Å². The van der Waals surface area contributed by atoms with Crippen LogP contribution in [-0.2, 0) is 19.6 Å². The summed E-state index contributed by atoms with van der Waals surface area (Å²) in [5.74, 6) is -1.80. The van der Waals surface area contributed by atoms with Crippen LogP contribution in [-0.4, -0.2) is 49.4 Å². The Hall–Kier alpha value is -2.49. The van der Waals surface area contributed by atoms with E-state index in [1.165, 1.54) is 27.4 Å². The van der Waals surface area contributed by atoms with Gasteiger partial charge in [-0.2, -0.15) is 4.31 Å². The molecule has 3 aliphatic rings. The van der Waals surface area contributed by atoms with Gasteiger partial charge in [-0.15, -0.1) is 0 Å². The minimum atomic E-state index is -3.29. The zero-order chi connectivity index (χ0) is 26.9. The van der Waals surface area contributed by atoms with Gasteiger partial charge in [-0.05, 0) is 55.9 Å². The summed E-state index contributed by atoms with van der Waals surface area (Å²) >= 11 is 6.57. The molecule has 3 fully saturated rings. The molecule has 0 bridgehead atoms. The summed E-state index contributed by atoms with van der Waals surface area (Å²) in [6.07, 6.45) is 5.71. The number of halogens is 2. The predicted octanol–water partition coefficient (Wildman–Crippen LogP) is 4.67. The lowest BCUT2D eigenvalue weighted by atomic mass is 9.75. The zero-order valence-electron chi connectivity index (χ0n) is 21.2. The molecular formula is C28H33ClFN3O4S. The van der Waals surface area contributed by atoms with Gasteiger partial charge in [0.2, 0.25) is 21.8 Å². The molecule has 1 saturated heterocycles. The Balaban J connectivity index is 1.45. The maximum Gasteiger partial charge on any atom is 0.248 e. The van der Waals surface area contributed by atoms with Gasteiger partial charge in [-0.25, -0.2) is 12.8 Å². The van der Waals surface area contributed by atoms with Gasteiger partial charge in [0.1, 0.15) is 11.9 Å².